The number of nitrogens with zero attached hydrogens (tertiary/aromatic N) is 2. The molecule has 140 valence electrons. The third-order valence-corrected chi connectivity index (χ3v) is 4.13. The first-order chi connectivity index (χ1) is 13.1. The van der Waals surface area contributed by atoms with Crippen LogP contribution in [0.15, 0.2) is 48.5 Å². The summed E-state index contributed by atoms with van der Waals surface area (Å²) >= 11 is 0. The Bertz CT molecular complexity index is 911. The second-order valence-electron chi connectivity index (χ2n) is 6.09. The van der Waals surface area contributed by atoms with Gasteiger partial charge in [0.2, 0.25) is 5.95 Å². The lowest BCUT2D eigenvalue weighted by molar-refractivity contribution is 0.355. The molecule has 6 nitrogen and oxygen atoms in total. The maximum Gasteiger partial charge on any atom is 0.229 e. The number of aryl methyl sites for hydroxylation is 2. The maximum atomic E-state index is 5.34. The van der Waals surface area contributed by atoms with E-state index >= 15 is 0 Å². The summed E-state index contributed by atoms with van der Waals surface area (Å²) in [7, 11) is 3.22. The Morgan fingerprint density at radius 3 is 2.19 bits per heavy atom. The molecule has 27 heavy (non-hydrogen) atoms. The molecule has 0 saturated carbocycles. The van der Waals surface area contributed by atoms with Gasteiger partial charge in [-0.05, 0) is 43.2 Å². The van der Waals surface area contributed by atoms with Crippen molar-refractivity contribution >= 4 is 23.1 Å². The number of aromatic nitrogens is 2. The normalized spacial score (nSPS) is 10.4. The van der Waals surface area contributed by atoms with Crippen LogP contribution in [0.5, 0.6) is 11.5 Å². The Morgan fingerprint density at radius 2 is 1.52 bits per heavy atom. The van der Waals surface area contributed by atoms with Gasteiger partial charge >= 0.3 is 0 Å². The third-order valence-electron chi connectivity index (χ3n) is 4.13. The van der Waals surface area contributed by atoms with Crippen LogP contribution in [0, 0.1) is 6.92 Å². The Labute approximate surface area is 159 Å². The van der Waals surface area contributed by atoms with Crippen molar-refractivity contribution in [3.8, 4) is 11.5 Å². The average molecular weight is 364 g/mol. The highest BCUT2D eigenvalue weighted by Gasteiger charge is 2.07. The molecule has 2 aromatic carbocycles. The van der Waals surface area contributed by atoms with Gasteiger partial charge in [0, 0.05) is 29.2 Å². The number of nitrogens with one attached hydrogen (secondary N) is 2. The van der Waals surface area contributed by atoms with E-state index in [2.05, 4.69) is 51.8 Å². The SMILES string of the molecule is CCc1ccc(Nc2cc(C)nc(Nc3ccc(OC)c(OC)c3)n2)cc1. The summed E-state index contributed by atoms with van der Waals surface area (Å²) in [4.78, 5) is 9.02. The van der Waals surface area contributed by atoms with Crippen LogP contribution in [0.25, 0.3) is 0 Å². The summed E-state index contributed by atoms with van der Waals surface area (Å²) in [5.74, 6) is 2.56. The molecular formula is C21H24N4O2. The molecule has 0 aliphatic carbocycles. The average Bonchev–Trinajstić information content (AvgIpc) is 2.68. The molecule has 0 saturated heterocycles. The second kappa shape index (κ2) is 8.40. The number of hydrogen-bond acceptors (Lipinski definition) is 6. The molecular weight excluding hydrogens is 340 g/mol. The molecule has 3 rings (SSSR count). The molecule has 0 unspecified atom stereocenters. The van der Waals surface area contributed by atoms with Crippen LogP contribution in [0.4, 0.5) is 23.1 Å². The lowest BCUT2D eigenvalue weighted by Gasteiger charge is -2.12. The van der Waals surface area contributed by atoms with Crippen LogP contribution < -0.4 is 20.1 Å². The minimum Gasteiger partial charge on any atom is -0.493 e. The molecule has 0 amide bonds. The fourth-order valence-corrected chi connectivity index (χ4v) is 2.70. The van der Waals surface area contributed by atoms with Crippen LogP contribution in [0.3, 0.4) is 0 Å². The van der Waals surface area contributed by atoms with Crippen molar-refractivity contribution in [2.24, 2.45) is 0 Å². The zero-order valence-electron chi connectivity index (χ0n) is 16.0. The van der Waals surface area contributed by atoms with Crippen LogP contribution in [0.1, 0.15) is 18.2 Å². The molecule has 0 aliphatic rings. The highest BCUT2D eigenvalue weighted by Crippen LogP contribution is 2.30. The number of ether oxygens (including phenoxy) is 2. The number of anilines is 4. The molecule has 0 radical (unpaired) electrons. The number of rotatable bonds is 7. The van der Waals surface area contributed by atoms with Crippen LogP contribution >= 0.6 is 0 Å². The van der Waals surface area contributed by atoms with Gasteiger partial charge in [-0.1, -0.05) is 19.1 Å². The Hall–Kier alpha value is -3.28. The summed E-state index contributed by atoms with van der Waals surface area (Å²) in [6.07, 6.45) is 1.02. The highest BCUT2D eigenvalue weighted by atomic mass is 16.5. The fourth-order valence-electron chi connectivity index (χ4n) is 2.70. The standard InChI is InChI=1S/C21H24N4O2/c1-5-15-6-8-16(9-7-15)23-20-12-14(2)22-21(25-20)24-17-10-11-18(26-3)19(13-17)27-4/h6-13H,5H2,1-4H3,(H2,22,23,24,25). The van der Waals surface area contributed by atoms with E-state index in [1.165, 1.54) is 5.56 Å². The van der Waals surface area contributed by atoms with Gasteiger partial charge < -0.3 is 20.1 Å². The third kappa shape index (κ3) is 4.67. The van der Waals surface area contributed by atoms with Gasteiger partial charge in [0.25, 0.3) is 0 Å². The maximum absolute atomic E-state index is 5.34. The molecule has 6 heteroatoms. The molecule has 0 atom stereocenters. The molecule has 1 aromatic heterocycles. The summed E-state index contributed by atoms with van der Waals surface area (Å²) in [5, 5.41) is 6.54. The van der Waals surface area contributed by atoms with Crippen molar-refractivity contribution in [3.05, 3.63) is 59.8 Å². The van der Waals surface area contributed by atoms with Gasteiger partial charge in [-0.25, -0.2) is 4.98 Å². The number of hydrogen-bond donors (Lipinski definition) is 2. The van der Waals surface area contributed by atoms with Gasteiger partial charge in [0.05, 0.1) is 14.2 Å². The predicted octanol–water partition coefficient (Wildman–Crippen LogP) is 4.85. The van der Waals surface area contributed by atoms with E-state index in [0.717, 1.165) is 29.3 Å². The van der Waals surface area contributed by atoms with E-state index in [1.54, 1.807) is 14.2 Å². The van der Waals surface area contributed by atoms with Crippen molar-refractivity contribution in [2.45, 2.75) is 20.3 Å². The largest absolute Gasteiger partial charge is 0.493 e. The van der Waals surface area contributed by atoms with E-state index in [9.17, 15) is 0 Å². The van der Waals surface area contributed by atoms with Crippen LogP contribution in [-0.4, -0.2) is 24.2 Å². The minimum absolute atomic E-state index is 0.509. The van der Waals surface area contributed by atoms with Gasteiger partial charge in [0.1, 0.15) is 5.82 Å². The molecule has 3 aromatic rings. The monoisotopic (exact) mass is 364 g/mol. The Kier molecular flexibility index (Phi) is 5.76. The topological polar surface area (TPSA) is 68.3 Å². The summed E-state index contributed by atoms with van der Waals surface area (Å²) < 4.78 is 10.6. The lowest BCUT2D eigenvalue weighted by Crippen LogP contribution is -2.03. The van der Waals surface area contributed by atoms with Crippen molar-refractivity contribution in [2.75, 3.05) is 24.9 Å². The van der Waals surface area contributed by atoms with E-state index < -0.39 is 0 Å². The summed E-state index contributed by atoms with van der Waals surface area (Å²) in [6, 6.07) is 15.8. The minimum atomic E-state index is 0.509. The van der Waals surface area contributed by atoms with Crippen LogP contribution in [0.2, 0.25) is 0 Å². The zero-order valence-corrected chi connectivity index (χ0v) is 16.0. The quantitative estimate of drug-likeness (QED) is 0.624. The summed E-state index contributed by atoms with van der Waals surface area (Å²) in [6.45, 7) is 4.08. The zero-order chi connectivity index (χ0) is 19.2. The molecule has 0 spiro atoms. The molecule has 1 heterocycles. The van der Waals surface area contributed by atoms with Gasteiger partial charge in [-0.2, -0.15) is 4.98 Å². The molecule has 0 fully saturated rings. The fraction of sp³-hybridized carbons (Fsp3) is 0.238. The summed E-state index contributed by atoms with van der Waals surface area (Å²) in [5.41, 5.74) is 3.97. The lowest BCUT2D eigenvalue weighted by atomic mass is 10.1. The van der Waals surface area contributed by atoms with Gasteiger partial charge in [-0.15, -0.1) is 0 Å². The second-order valence-corrected chi connectivity index (χ2v) is 6.09. The van der Waals surface area contributed by atoms with Crippen molar-refractivity contribution < 1.29 is 9.47 Å². The number of methoxy groups -OCH3 is 2. The smallest absolute Gasteiger partial charge is 0.229 e. The Balaban J connectivity index is 1.80. The van der Waals surface area contributed by atoms with E-state index in [0.29, 0.717) is 17.4 Å². The highest BCUT2D eigenvalue weighted by molar-refractivity contribution is 5.62. The Morgan fingerprint density at radius 1 is 0.815 bits per heavy atom. The first-order valence-corrected chi connectivity index (χ1v) is 8.82. The van der Waals surface area contributed by atoms with Gasteiger partial charge in [0.15, 0.2) is 11.5 Å². The van der Waals surface area contributed by atoms with E-state index in [1.807, 2.05) is 31.2 Å². The van der Waals surface area contributed by atoms with Crippen molar-refractivity contribution in [1.29, 1.82) is 0 Å². The van der Waals surface area contributed by atoms with E-state index in [4.69, 9.17) is 9.47 Å². The first kappa shape index (κ1) is 18.5. The predicted molar refractivity (Wildman–Crippen MR) is 109 cm³/mol. The van der Waals surface area contributed by atoms with E-state index in [-0.39, 0.29) is 0 Å². The first-order valence-electron chi connectivity index (χ1n) is 8.82. The number of benzene rings is 2. The molecule has 2 N–H and O–H groups in total. The van der Waals surface area contributed by atoms with Crippen LogP contribution in [-0.2, 0) is 6.42 Å². The van der Waals surface area contributed by atoms with Crippen molar-refractivity contribution in [1.82, 2.24) is 9.97 Å². The molecule has 0 bridgehead atoms. The van der Waals surface area contributed by atoms with Crippen molar-refractivity contribution in [3.63, 3.8) is 0 Å². The van der Waals surface area contributed by atoms with Gasteiger partial charge in [-0.3, -0.25) is 0 Å². The molecule has 0 aliphatic heterocycles.